The molecular weight excluding hydrogens is 324 g/mol. The Morgan fingerprint density at radius 1 is 1.25 bits per heavy atom. The maximum atomic E-state index is 12.2. The third-order valence-corrected chi connectivity index (χ3v) is 9.11. The van der Waals surface area contributed by atoms with Crippen molar-refractivity contribution in [2.75, 3.05) is 20.0 Å². The summed E-state index contributed by atoms with van der Waals surface area (Å²) in [6.07, 6.45) is 6.11. The summed E-state index contributed by atoms with van der Waals surface area (Å²) in [7, 11) is 3.27. The van der Waals surface area contributed by atoms with Crippen LogP contribution in [0, 0.1) is 22.7 Å². The Morgan fingerprint density at radius 2 is 2.00 bits per heavy atom. The molecule has 3 aliphatic carbocycles. The van der Waals surface area contributed by atoms with Crippen LogP contribution in [0.5, 0.6) is 0 Å². The lowest BCUT2D eigenvalue weighted by Crippen LogP contribution is -2.45. The summed E-state index contributed by atoms with van der Waals surface area (Å²) in [5.41, 5.74) is 0.481. The number of hydrogen-bond donors (Lipinski definition) is 1. The van der Waals surface area contributed by atoms with Crippen molar-refractivity contribution in [2.45, 2.75) is 69.8 Å². The monoisotopic (exact) mass is 356 g/mol. The fraction of sp³-hybridized carbons (Fsp3) is 0.947. The van der Waals surface area contributed by atoms with Crippen LogP contribution in [0.4, 0.5) is 0 Å². The van der Waals surface area contributed by atoms with Crippen LogP contribution in [-0.2, 0) is 14.3 Å². The molecule has 3 saturated carbocycles. The number of methoxy groups -OCH3 is 2. The van der Waals surface area contributed by atoms with Gasteiger partial charge in [0.25, 0.3) is 0 Å². The first-order chi connectivity index (χ1) is 11.4. The Bertz CT molecular complexity index is 480. The van der Waals surface area contributed by atoms with E-state index in [2.05, 4.69) is 13.8 Å². The van der Waals surface area contributed by atoms with Gasteiger partial charge in [0, 0.05) is 23.5 Å². The zero-order valence-corrected chi connectivity index (χ0v) is 16.2. The van der Waals surface area contributed by atoms with E-state index in [4.69, 9.17) is 9.47 Å². The van der Waals surface area contributed by atoms with Gasteiger partial charge in [-0.2, -0.15) is 11.8 Å². The molecule has 0 radical (unpaired) electrons. The van der Waals surface area contributed by atoms with Crippen molar-refractivity contribution in [2.24, 2.45) is 22.7 Å². The van der Waals surface area contributed by atoms with Gasteiger partial charge < -0.3 is 14.6 Å². The number of carbonyl (C=O) groups is 1. The van der Waals surface area contributed by atoms with Gasteiger partial charge in [0.2, 0.25) is 0 Å². The number of carbonyl (C=O) groups excluding carboxylic acids is 1. The van der Waals surface area contributed by atoms with Crippen LogP contribution in [0.2, 0.25) is 0 Å². The normalized spacial score (nSPS) is 43.8. The Labute approximate surface area is 150 Å². The van der Waals surface area contributed by atoms with Gasteiger partial charge in [-0.15, -0.1) is 0 Å². The summed E-state index contributed by atoms with van der Waals surface area (Å²) < 4.78 is 10.9. The van der Waals surface area contributed by atoms with Gasteiger partial charge in [0.05, 0.1) is 25.2 Å². The zero-order valence-electron chi connectivity index (χ0n) is 15.4. The number of thioether (sulfide) groups is 1. The molecule has 0 aromatic heterocycles. The van der Waals surface area contributed by atoms with Gasteiger partial charge >= 0.3 is 5.97 Å². The maximum absolute atomic E-state index is 12.2. The fourth-order valence-electron chi connectivity index (χ4n) is 5.69. The number of hydrogen-bond acceptors (Lipinski definition) is 5. The molecule has 3 rings (SSSR count). The van der Waals surface area contributed by atoms with Gasteiger partial charge in [-0.25, -0.2) is 0 Å². The average Bonchev–Trinajstić information content (AvgIpc) is 2.94. The summed E-state index contributed by atoms with van der Waals surface area (Å²) in [6, 6.07) is 0. The van der Waals surface area contributed by atoms with Crippen molar-refractivity contribution in [3.05, 3.63) is 0 Å². The molecule has 4 nitrogen and oxygen atoms in total. The summed E-state index contributed by atoms with van der Waals surface area (Å²) in [4.78, 5) is 12.2. The smallest absolute Gasteiger partial charge is 0.312 e. The Kier molecular flexibility index (Phi) is 5.25. The van der Waals surface area contributed by atoms with Crippen molar-refractivity contribution in [3.63, 3.8) is 0 Å². The van der Waals surface area contributed by atoms with E-state index in [9.17, 15) is 9.90 Å². The topological polar surface area (TPSA) is 55.8 Å². The molecule has 6 atom stereocenters. The average molecular weight is 357 g/mol. The molecule has 0 unspecified atom stereocenters. The fourth-order valence-corrected chi connectivity index (χ4v) is 7.74. The number of fused-ring (bicyclic) bond motifs is 2. The molecule has 24 heavy (non-hydrogen) atoms. The highest BCUT2D eigenvalue weighted by Gasteiger charge is 2.64. The second kappa shape index (κ2) is 6.81. The molecule has 0 heterocycles. The van der Waals surface area contributed by atoms with Crippen LogP contribution in [0.25, 0.3) is 0 Å². The predicted molar refractivity (Wildman–Crippen MR) is 96.0 cm³/mol. The van der Waals surface area contributed by atoms with Crippen LogP contribution in [0.15, 0.2) is 0 Å². The summed E-state index contributed by atoms with van der Waals surface area (Å²) in [5.74, 6) is 1.12. The van der Waals surface area contributed by atoms with E-state index in [0.29, 0.717) is 12.5 Å². The molecule has 2 bridgehead atoms. The van der Waals surface area contributed by atoms with Crippen LogP contribution in [-0.4, -0.2) is 48.5 Å². The van der Waals surface area contributed by atoms with E-state index in [1.807, 2.05) is 18.9 Å². The minimum atomic E-state index is -0.563. The van der Waals surface area contributed by atoms with Crippen molar-refractivity contribution in [3.8, 4) is 0 Å². The molecule has 0 aromatic rings. The first kappa shape index (κ1) is 18.5. The number of esters is 1. The van der Waals surface area contributed by atoms with Crippen LogP contribution in [0.3, 0.4) is 0 Å². The SMILES string of the molecule is COC(=O)[C@@H]1[C@@H](O)CCC[C@H]1SC[C@]12CC[C@H](C[C@H]1OC)C2(C)C. The molecule has 0 amide bonds. The highest BCUT2D eigenvalue weighted by molar-refractivity contribution is 8.00. The Hall–Kier alpha value is -0.260. The first-order valence-corrected chi connectivity index (χ1v) is 10.3. The van der Waals surface area contributed by atoms with E-state index in [1.165, 1.54) is 20.0 Å². The third kappa shape index (κ3) is 2.71. The first-order valence-electron chi connectivity index (χ1n) is 9.27. The van der Waals surface area contributed by atoms with Gasteiger partial charge in [-0.3, -0.25) is 4.79 Å². The quantitative estimate of drug-likeness (QED) is 0.766. The molecule has 1 N–H and O–H groups in total. The second-order valence-corrected chi connectivity index (χ2v) is 9.70. The van der Waals surface area contributed by atoms with Gasteiger partial charge in [0.15, 0.2) is 0 Å². The molecule has 3 fully saturated rings. The summed E-state index contributed by atoms with van der Waals surface area (Å²) in [6.45, 7) is 4.80. The zero-order chi connectivity index (χ0) is 17.5. The molecule has 3 aliphatic rings. The Balaban J connectivity index is 1.74. The molecule has 0 spiro atoms. The van der Waals surface area contributed by atoms with Crippen molar-refractivity contribution in [1.82, 2.24) is 0 Å². The number of rotatable bonds is 5. The van der Waals surface area contributed by atoms with Gasteiger partial charge in [-0.05, 0) is 49.9 Å². The van der Waals surface area contributed by atoms with Crippen LogP contribution < -0.4 is 0 Å². The summed E-state index contributed by atoms with van der Waals surface area (Å²) >= 11 is 1.88. The maximum Gasteiger partial charge on any atom is 0.312 e. The van der Waals surface area contributed by atoms with Gasteiger partial charge in [-0.1, -0.05) is 13.8 Å². The van der Waals surface area contributed by atoms with Crippen molar-refractivity contribution < 1.29 is 19.4 Å². The van der Waals surface area contributed by atoms with E-state index < -0.39 is 6.10 Å². The van der Waals surface area contributed by atoms with Crippen LogP contribution in [0.1, 0.15) is 52.4 Å². The summed E-state index contributed by atoms with van der Waals surface area (Å²) in [5, 5.41) is 10.5. The molecular formula is C19H32O4S. The predicted octanol–water partition coefficient (Wildman–Crippen LogP) is 3.26. The van der Waals surface area contributed by atoms with Crippen LogP contribution >= 0.6 is 11.8 Å². The number of ether oxygens (including phenoxy) is 2. The highest BCUT2D eigenvalue weighted by atomic mass is 32.2. The van der Waals surface area contributed by atoms with Crippen molar-refractivity contribution in [1.29, 1.82) is 0 Å². The van der Waals surface area contributed by atoms with E-state index >= 15 is 0 Å². The molecule has 0 aromatic carbocycles. The molecule has 0 aliphatic heterocycles. The number of aliphatic hydroxyl groups excluding tert-OH is 1. The van der Waals surface area contributed by atoms with Crippen molar-refractivity contribution >= 4 is 17.7 Å². The lowest BCUT2D eigenvalue weighted by molar-refractivity contribution is -0.150. The standard InChI is InChI=1S/C19H32O4S/c1-18(2)12-8-9-19(18,15(10-12)22-3)11-24-14-7-5-6-13(20)16(14)17(21)23-4/h12-16,20H,5-11H2,1-4H3/t12-,13+,14-,15-,16-,19-/m1/s1. The third-order valence-electron chi connectivity index (χ3n) is 7.47. The van der Waals surface area contributed by atoms with E-state index in [1.54, 1.807) is 0 Å². The molecule has 0 saturated heterocycles. The minimum Gasteiger partial charge on any atom is -0.469 e. The Morgan fingerprint density at radius 3 is 2.62 bits per heavy atom. The van der Waals surface area contributed by atoms with E-state index in [-0.39, 0.29) is 28.0 Å². The van der Waals surface area contributed by atoms with E-state index in [0.717, 1.165) is 30.9 Å². The molecule has 138 valence electrons. The highest BCUT2D eigenvalue weighted by Crippen LogP contribution is 2.67. The second-order valence-electron chi connectivity index (χ2n) is 8.47. The number of aliphatic hydroxyl groups is 1. The lowest BCUT2D eigenvalue weighted by Gasteiger charge is -2.43. The molecule has 5 heteroatoms. The lowest BCUT2D eigenvalue weighted by atomic mass is 9.69. The largest absolute Gasteiger partial charge is 0.469 e. The minimum absolute atomic E-state index is 0.156. The van der Waals surface area contributed by atoms with Gasteiger partial charge in [0.1, 0.15) is 0 Å².